The van der Waals surface area contributed by atoms with Gasteiger partial charge in [-0.05, 0) is 56.3 Å². The molecule has 4 nitrogen and oxygen atoms in total. The fraction of sp³-hybridized carbons (Fsp3) is 0.263. The topological polar surface area (TPSA) is 46.9 Å². The van der Waals surface area contributed by atoms with E-state index in [0.717, 1.165) is 34.5 Å². The van der Waals surface area contributed by atoms with Crippen LogP contribution in [0.4, 0.5) is 0 Å². The maximum absolute atomic E-state index is 13.1. The Morgan fingerprint density at radius 1 is 1.17 bits per heavy atom. The molecule has 2 aromatic carbocycles. The van der Waals surface area contributed by atoms with Gasteiger partial charge in [-0.15, -0.1) is 0 Å². The van der Waals surface area contributed by atoms with E-state index in [4.69, 9.17) is 4.98 Å². The number of rotatable bonds is 5. The van der Waals surface area contributed by atoms with Gasteiger partial charge in [-0.1, -0.05) is 35.0 Å². The van der Waals surface area contributed by atoms with Gasteiger partial charge in [-0.2, -0.15) is 0 Å². The molecule has 5 heteroatoms. The normalized spacial score (nSPS) is 12.5. The Morgan fingerprint density at radius 3 is 2.58 bits per heavy atom. The number of hydrogen-bond donors (Lipinski definition) is 1. The van der Waals surface area contributed by atoms with E-state index in [1.165, 1.54) is 0 Å². The first-order chi connectivity index (χ1) is 11.6. The summed E-state index contributed by atoms with van der Waals surface area (Å²) < 4.78 is 2.69. The van der Waals surface area contributed by atoms with Crippen molar-refractivity contribution in [2.24, 2.45) is 0 Å². The maximum Gasteiger partial charge on any atom is 0.266 e. The molecule has 0 aliphatic rings. The smallest absolute Gasteiger partial charge is 0.266 e. The first-order valence-electron chi connectivity index (χ1n) is 8.13. The second-order valence-corrected chi connectivity index (χ2v) is 6.70. The molecular formula is C19H20BrN3O. The molecule has 0 bridgehead atoms. The number of halogens is 1. The Hall–Kier alpha value is -1.98. The quantitative estimate of drug-likeness (QED) is 0.715. The molecular weight excluding hydrogens is 366 g/mol. The van der Waals surface area contributed by atoms with Crippen LogP contribution in [-0.2, 0) is 0 Å². The molecule has 0 unspecified atom stereocenters. The van der Waals surface area contributed by atoms with Crippen LogP contribution < -0.4 is 10.9 Å². The predicted octanol–water partition coefficient (Wildman–Crippen LogP) is 4.21. The Bertz CT molecular complexity index is 903. The van der Waals surface area contributed by atoms with Gasteiger partial charge in [0, 0.05) is 4.47 Å². The summed E-state index contributed by atoms with van der Waals surface area (Å²) in [6, 6.07) is 15.2. The molecule has 0 spiro atoms. The van der Waals surface area contributed by atoms with Crippen molar-refractivity contribution in [1.82, 2.24) is 14.9 Å². The van der Waals surface area contributed by atoms with Crippen LogP contribution >= 0.6 is 15.9 Å². The van der Waals surface area contributed by atoms with Crippen molar-refractivity contribution in [3.8, 4) is 5.69 Å². The zero-order valence-corrected chi connectivity index (χ0v) is 15.4. The zero-order valence-electron chi connectivity index (χ0n) is 13.8. The van der Waals surface area contributed by atoms with Gasteiger partial charge in [0.2, 0.25) is 0 Å². The third-order valence-corrected chi connectivity index (χ3v) is 4.50. The van der Waals surface area contributed by atoms with Gasteiger partial charge in [0.15, 0.2) is 0 Å². The van der Waals surface area contributed by atoms with Crippen LogP contribution in [0.1, 0.15) is 32.1 Å². The molecule has 0 aliphatic carbocycles. The fourth-order valence-electron chi connectivity index (χ4n) is 2.73. The number of aromatic nitrogens is 2. The SMILES string of the molecule is CCCN[C@H](C)c1nc2ccccc2c(=O)n1-c1ccc(Br)cc1. The summed E-state index contributed by atoms with van der Waals surface area (Å²) in [5, 5.41) is 4.06. The Morgan fingerprint density at radius 2 is 1.88 bits per heavy atom. The molecule has 0 radical (unpaired) electrons. The van der Waals surface area contributed by atoms with Gasteiger partial charge in [0.25, 0.3) is 5.56 Å². The lowest BCUT2D eigenvalue weighted by atomic mass is 10.2. The molecule has 1 aromatic heterocycles. The summed E-state index contributed by atoms with van der Waals surface area (Å²) in [7, 11) is 0. The first kappa shape index (κ1) is 16.9. The van der Waals surface area contributed by atoms with E-state index in [0.29, 0.717) is 5.39 Å². The van der Waals surface area contributed by atoms with E-state index in [1.807, 2.05) is 55.5 Å². The summed E-state index contributed by atoms with van der Waals surface area (Å²) >= 11 is 3.44. The van der Waals surface area contributed by atoms with Crippen molar-refractivity contribution in [3.63, 3.8) is 0 Å². The zero-order chi connectivity index (χ0) is 17.1. The number of benzene rings is 2. The predicted molar refractivity (Wildman–Crippen MR) is 102 cm³/mol. The number of nitrogens with zero attached hydrogens (tertiary/aromatic N) is 2. The molecule has 1 N–H and O–H groups in total. The van der Waals surface area contributed by atoms with Gasteiger partial charge in [-0.25, -0.2) is 4.98 Å². The monoisotopic (exact) mass is 385 g/mol. The highest BCUT2D eigenvalue weighted by atomic mass is 79.9. The average Bonchev–Trinajstić information content (AvgIpc) is 2.60. The Labute approximate surface area is 149 Å². The van der Waals surface area contributed by atoms with E-state index < -0.39 is 0 Å². The van der Waals surface area contributed by atoms with Crippen LogP contribution in [0.2, 0.25) is 0 Å². The van der Waals surface area contributed by atoms with Crippen LogP contribution in [0.25, 0.3) is 16.6 Å². The number of fused-ring (bicyclic) bond motifs is 1. The van der Waals surface area contributed by atoms with Gasteiger partial charge in [0.05, 0.1) is 22.6 Å². The van der Waals surface area contributed by atoms with Gasteiger partial charge >= 0.3 is 0 Å². The highest BCUT2D eigenvalue weighted by Gasteiger charge is 2.17. The second-order valence-electron chi connectivity index (χ2n) is 5.78. The van der Waals surface area contributed by atoms with Gasteiger partial charge < -0.3 is 5.32 Å². The van der Waals surface area contributed by atoms with E-state index in [-0.39, 0.29) is 11.6 Å². The lowest BCUT2D eigenvalue weighted by Gasteiger charge is -2.19. The van der Waals surface area contributed by atoms with E-state index in [1.54, 1.807) is 4.57 Å². The van der Waals surface area contributed by atoms with Crippen molar-refractivity contribution in [1.29, 1.82) is 0 Å². The summed E-state index contributed by atoms with van der Waals surface area (Å²) in [4.78, 5) is 17.9. The van der Waals surface area contributed by atoms with Crippen LogP contribution in [0.5, 0.6) is 0 Å². The van der Waals surface area contributed by atoms with E-state index >= 15 is 0 Å². The molecule has 0 fully saturated rings. The van der Waals surface area contributed by atoms with E-state index in [9.17, 15) is 4.79 Å². The third-order valence-electron chi connectivity index (χ3n) is 3.97. The number of nitrogens with one attached hydrogen (secondary N) is 1. The molecule has 1 heterocycles. The molecule has 0 aliphatic heterocycles. The Balaban J connectivity index is 2.25. The highest BCUT2D eigenvalue weighted by molar-refractivity contribution is 9.10. The molecule has 0 saturated carbocycles. The van der Waals surface area contributed by atoms with Crippen molar-refractivity contribution in [3.05, 3.63) is 69.2 Å². The Kier molecular flexibility index (Phi) is 5.11. The van der Waals surface area contributed by atoms with E-state index in [2.05, 4.69) is 28.2 Å². The molecule has 0 amide bonds. The summed E-state index contributed by atoms with van der Waals surface area (Å²) in [6.07, 6.45) is 1.03. The third kappa shape index (κ3) is 3.28. The number of hydrogen-bond acceptors (Lipinski definition) is 3. The van der Waals surface area contributed by atoms with Crippen LogP contribution in [0.15, 0.2) is 57.8 Å². The minimum Gasteiger partial charge on any atom is -0.308 e. The van der Waals surface area contributed by atoms with Crippen molar-refractivity contribution in [2.45, 2.75) is 26.3 Å². The molecule has 1 atom stereocenters. The van der Waals surface area contributed by atoms with Crippen molar-refractivity contribution >= 4 is 26.8 Å². The largest absolute Gasteiger partial charge is 0.308 e. The molecule has 124 valence electrons. The van der Waals surface area contributed by atoms with Crippen LogP contribution in [0.3, 0.4) is 0 Å². The highest BCUT2D eigenvalue weighted by Crippen LogP contribution is 2.19. The first-order valence-corrected chi connectivity index (χ1v) is 8.92. The molecule has 24 heavy (non-hydrogen) atoms. The van der Waals surface area contributed by atoms with Crippen LogP contribution in [-0.4, -0.2) is 16.1 Å². The van der Waals surface area contributed by atoms with Crippen molar-refractivity contribution < 1.29 is 0 Å². The van der Waals surface area contributed by atoms with Crippen LogP contribution in [0, 0.1) is 0 Å². The molecule has 0 saturated heterocycles. The summed E-state index contributed by atoms with van der Waals surface area (Å²) in [5.74, 6) is 0.731. The maximum atomic E-state index is 13.1. The fourth-order valence-corrected chi connectivity index (χ4v) is 3.00. The lowest BCUT2D eigenvalue weighted by Crippen LogP contribution is -2.30. The lowest BCUT2D eigenvalue weighted by molar-refractivity contribution is 0.531. The second kappa shape index (κ2) is 7.28. The van der Waals surface area contributed by atoms with Gasteiger partial charge in [0.1, 0.15) is 5.82 Å². The minimum absolute atomic E-state index is 0.0223. The molecule has 3 rings (SSSR count). The van der Waals surface area contributed by atoms with Gasteiger partial charge in [-0.3, -0.25) is 9.36 Å². The average molecular weight is 386 g/mol. The standard InChI is InChI=1S/C19H20BrN3O/c1-3-12-21-13(2)18-22-17-7-5-4-6-16(17)19(24)23(18)15-10-8-14(20)9-11-15/h4-11,13,21H,3,12H2,1-2H3/t13-/m1/s1. The minimum atomic E-state index is -0.0388. The number of para-hydroxylation sites is 1. The summed E-state index contributed by atoms with van der Waals surface area (Å²) in [5.41, 5.74) is 1.51. The summed E-state index contributed by atoms with van der Waals surface area (Å²) in [6.45, 7) is 5.04. The molecule has 3 aromatic rings. The van der Waals surface area contributed by atoms with Crippen molar-refractivity contribution in [2.75, 3.05) is 6.54 Å².